The Morgan fingerprint density at radius 1 is 1.58 bits per heavy atom. The maximum Gasteiger partial charge on any atom is 0.311 e. The molecule has 1 aromatic rings. The van der Waals surface area contributed by atoms with Gasteiger partial charge >= 0.3 is 5.97 Å². The van der Waals surface area contributed by atoms with Crippen LogP contribution in [0.2, 0.25) is 0 Å². The lowest BCUT2D eigenvalue weighted by molar-refractivity contribution is -0.150. The van der Waals surface area contributed by atoms with Crippen LogP contribution in [-0.4, -0.2) is 23.7 Å². The fraction of sp³-hybridized carbons (Fsp3) is 0.533. The van der Waals surface area contributed by atoms with Gasteiger partial charge in [0.05, 0.1) is 5.41 Å². The van der Waals surface area contributed by atoms with Crippen LogP contribution in [0.15, 0.2) is 18.2 Å². The van der Waals surface area contributed by atoms with Gasteiger partial charge < -0.3 is 15.6 Å². The maximum absolute atomic E-state index is 11.5. The van der Waals surface area contributed by atoms with Crippen LogP contribution in [0, 0.1) is 12.3 Å². The van der Waals surface area contributed by atoms with Crippen molar-refractivity contribution in [1.82, 2.24) is 0 Å². The van der Waals surface area contributed by atoms with Crippen molar-refractivity contribution >= 4 is 5.97 Å². The summed E-state index contributed by atoms with van der Waals surface area (Å²) in [5, 5.41) is 9.41. The second-order valence-corrected chi connectivity index (χ2v) is 5.40. The van der Waals surface area contributed by atoms with E-state index in [2.05, 4.69) is 6.07 Å². The molecule has 2 unspecified atom stereocenters. The molecule has 1 aromatic carbocycles. The molecule has 19 heavy (non-hydrogen) atoms. The number of hydrogen-bond donors (Lipinski definition) is 2. The van der Waals surface area contributed by atoms with Gasteiger partial charge in [0.2, 0.25) is 0 Å². The molecule has 0 bridgehead atoms. The van der Waals surface area contributed by atoms with Crippen LogP contribution in [0.4, 0.5) is 0 Å². The lowest BCUT2D eigenvalue weighted by Gasteiger charge is -2.28. The van der Waals surface area contributed by atoms with Crippen molar-refractivity contribution in [3.63, 3.8) is 0 Å². The Kier molecular flexibility index (Phi) is 3.80. The molecule has 2 atom stereocenters. The highest BCUT2D eigenvalue weighted by Gasteiger charge is 2.40. The summed E-state index contributed by atoms with van der Waals surface area (Å²) in [4.78, 5) is 11.5. The van der Waals surface area contributed by atoms with Gasteiger partial charge in [0.25, 0.3) is 0 Å². The highest BCUT2D eigenvalue weighted by atomic mass is 16.5. The summed E-state index contributed by atoms with van der Waals surface area (Å²) in [5.41, 5.74) is 7.18. The minimum atomic E-state index is -0.873. The van der Waals surface area contributed by atoms with Gasteiger partial charge in [0, 0.05) is 19.4 Å². The topological polar surface area (TPSA) is 72.5 Å². The Bertz CT molecular complexity index is 480. The number of ether oxygens (including phenoxy) is 1. The van der Waals surface area contributed by atoms with Crippen molar-refractivity contribution < 1.29 is 14.6 Å². The number of aliphatic carboxylic acids is 1. The Labute approximate surface area is 113 Å². The minimum absolute atomic E-state index is 0.0867. The Hall–Kier alpha value is -1.55. The SMILES string of the molecule is CCC(CN)(CC1Cc2cc(C)ccc2O1)C(=O)O. The lowest BCUT2D eigenvalue weighted by Crippen LogP contribution is -2.41. The molecule has 2 rings (SSSR count). The largest absolute Gasteiger partial charge is 0.490 e. The van der Waals surface area contributed by atoms with Gasteiger partial charge in [-0.2, -0.15) is 0 Å². The molecular weight excluding hydrogens is 242 g/mol. The average Bonchev–Trinajstić information content (AvgIpc) is 2.77. The van der Waals surface area contributed by atoms with Gasteiger partial charge in [-0.05, 0) is 25.0 Å². The Balaban J connectivity index is 2.13. The quantitative estimate of drug-likeness (QED) is 0.853. The summed E-state index contributed by atoms with van der Waals surface area (Å²) < 4.78 is 5.85. The number of rotatable bonds is 5. The molecule has 0 saturated carbocycles. The van der Waals surface area contributed by atoms with Crippen molar-refractivity contribution in [3.05, 3.63) is 29.3 Å². The summed E-state index contributed by atoms with van der Waals surface area (Å²) in [5.74, 6) is 0.0521. The van der Waals surface area contributed by atoms with E-state index in [0.29, 0.717) is 12.8 Å². The van der Waals surface area contributed by atoms with E-state index in [1.165, 1.54) is 5.56 Å². The number of benzene rings is 1. The van der Waals surface area contributed by atoms with Crippen LogP contribution < -0.4 is 10.5 Å². The highest BCUT2D eigenvalue weighted by Crippen LogP contribution is 2.36. The molecule has 0 spiro atoms. The third-order valence-corrected chi connectivity index (χ3v) is 4.10. The first-order valence-electron chi connectivity index (χ1n) is 6.70. The number of carbonyl (C=O) groups is 1. The zero-order chi connectivity index (χ0) is 14.0. The van der Waals surface area contributed by atoms with Crippen molar-refractivity contribution in [2.75, 3.05) is 6.54 Å². The Morgan fingerprint density at radius 2 is 2.32 bits per heavy atom. The van der Waals surface area contributed by atoms with E-state index in [9.17, 15) is 9.90 Å². The van der Waals surface area contributed by atoms with E-state index in [1.54, 1.807) is 0 Å². The van der Waals surface area contributed by atoms with Crippen LogP contribution in [0.25, 0.3) is 0 Å². The van der Waals surface area contributed by atoms with E-state index in [1.807, 2.05) is 26.0 Å². The van der Waals surface area contributed by atoms with E-state index in [4.69, 9.17) is 10.5 Å². The summed E-state index contributed by atoms with van der Waals surface area (Å²) in [6.45, 7) is 4.06. The molecule has 4 heteroatoms. The first kappa shape index (κ1) is 13.9. The Morgan fingerprint density at radius 3 is 2.89 bits per heavy atom. The van der Waals surface area contributed by atoms with Gasteiger partial charge in [-0.25, -0.2) is 0 Å². The lowest BCUT2D eigenvalue weighted by atomic mass is 9.79. The third kappa shape index (κ3) is 2.59. The number of carboxylic acid groups (broad SMARTS) is 1. The molecule has 4 nitrogen and oxygen atoms in total. The summed E-state index contributed by atoms with van der Waals surface area (Å²) >= 11 is 0. The molecule has 1 aliphatic rings. The van der Waals surface area contributed by atoms with Crippen molar-refractivity contribution in [1.29, 1.82) is 0 Å². The fourth-order valence-electron chi connectivity index (χ4n) is 2.70. The van der Waals surface area contributed by atoms with E-state index < -0.39 is 11.4 Å². The predicted octanol–water partition coefficient (Wildman–Crippen LogP) is 2.13. The van der Waals surface area contributed by atoms with Gasteiger partial charge in [0.15, 0.2) is 0 Å². The second-order valence-electron chi connectivity index (χ2n) is 5.40. The van der Waals surface area contributed by atoms with Crippen LogP contribution >= 0.6 is 0 Å². The van der Waals surface area contributed by atoms with Crippen molar-refractivity contribution in [2.24, 2.45) is 11.1 Å². The molecule has 1 aliphatic heterocycles. The summed E-state index contributed by atoms with van der Waals surface area (Å²) in [6.07, 6.45) is 1.67. The minimum Gasteiger partial charge on any atom is -0.490 e. The molecule has 0 radical (unpaired) electrons. The van der Waals surface area contributed by atoms with E-state index in [0.717, 1.165) is 17.7 Å². The number of aryl methyl sites for hydroxylation is 1. The van der Waals surface area contributed by atoms with Crippen LogP contribution in [0.1, 0.15) is 30.9 Å². The number of hydrogen-bond acceptors (Lipinski definition) is 3. The van der Waals surface area contributed by atoms with Crippen LogP contribution in [-0.2, 0) is 11.2 Å². The van der Waals surface area contributed by atoms with Crippen LogP contribution in [0.3, 0.4) is 0 Å². The number of fused-ring (bicyclic) bond motifs is 1. The van der Waals surface area contributed by atoms with Crippen molar-refractivity contribution in [2.45, 2.75) is 39.2 Å². The molecule has 3 N–H and O–H groups in total. The third-order valence-electron chi connectivity index (χ3n) is 4.10. The zero-order valence-electron chi connectivity index (χ0n) is 11.5. The average molecular weight is 263 g/mol. The molecule has 0 aliphatic carbocycles. The van der Waals surface area contributed by atoms with Gasteiger partial charge in [-0.1, -0.05) is 24.6 Å². The zero-order valence-corrected chi connectivity index (χ0v) is 11.5. The second kappa shape index (κ2) is 5.21. The normalized spacial score (nSPS) is 20.5. The fourth-order valence-corrected chi connectivity index (χ4v) is 2.70. The van der Waals surface area contributed by atoms with Gasteiger partial charge in [-0.3, -0.25) is 4.79 Å². The molecule has 0 amide bonds. The standard InChI is InChI=1S/C15H21NO3/c1-3-15(9-16,14(17)18)8-12-7-11-6-10(2)4-5-13(11)19-12/h4-6,12H,3,7-9,16H2,1-2H3,(H,17,18). The first-order chi connectivity index (χ1) is 9.00. The van der Waals surface area contributed by atoms with E-state index >= 15 is 0 Å². The van der Waals surface area contributed by atoms with Crippen molar-refractivity contribution in [3.8, 4) is 5.75 Å². The maximum atomic E-state index is 11.5. The molecular formula is C15H21NO3. The molecule has 1 heterocycles. The van der Waals surface area contributed by atoms with Gasteiger partial charge in [0.1, 0.15) is 11.9 Å². The van der Waals surface area contributed by atoms with Crippen LogP contribution in [0.5, 0.6) is 5.75 Å². The first-order valence-corrected chi connectivity index (χ1v) is 6.70. The molecule has 0 fully saturated rings. The van der Waals surface area contributed by atoms with Gasteiger partial charge in [-0.15, -0.1) is 0 Å². The molecule has 104 valence electrons. The molecule has 0 saturated heterocycles. The number of carboxylic acids is 1. The smallest absolute Gasteiger partial charge is 0.311 e. The highest BCUT2D eigenvalue weighted by molar-refractivity contribution is 5.75. The monoisotopic (exact) mass is 263 g/mol. The summed E-state index contributed by atoms with van der Waals surface area (Å²) in [7, 11) is 0. The number of nitrogens with two attached hydrogens (primary N) is 1. The van der Waals surface area contributed by atoms with E-state index in [-0.39, 0.29) is 12.6 Å². The molecule has 0 aromatic heterocycles. The summed E-state index contributed by atoms with van der Waals surface area (Å²) in [6, 6.07) is 6.07. The predicted molar refractivity (Wildman–Crippen MR) is 73.3 cm³/mol.